The number of carbonyl (C=O) groups is 4. The lowest BCUT2D eigenvalue weighted by Crippen LogP contribution is -2.41. The summed E-state index contributed by atoms with van der Waals surface area (Å²) < 4.78 is 10.4. The van der Waals surface area contributed by atoms with Crippen LogP contribution in [0.15, 0.2) is 24.3 Å². The number of nitrogens with zero attached hydrogens (tertiary/aromatic N) is 1. The zero-order valence-electron chi connectivity index (χ0n) is 19.2. The van der Waals surface area contributed by atoms with E-state index >= 15 is 0 Å². The molecule has 0 unspecified atom stereocenters. The molecule has 0 radical (unpaired) electrons. The second-order valence-electron chi connectivity index (χ2n) is 8.79. The van der Waals surface area contributed by atoms with Crippen molar-refractivity contribution in [3.05, 3.63) is 35.4 Å². The van der Waals surface area contributed by atoms with Crippen LogP contribution in [0.2, 0.25) is 0 Å². The van der Waals surface area contributed by atoms with E-state index in [1.165, 1.54) is 0 Å². The summed E-state index contributed by atoms with van der Waals surface area (Å²) in [6.45, 7) is 5.76. The summed E-state index contributed by atoms with van der Waals surface area (Å²) in [5.74, 6) is -1.48. The Hall–Kier alpha value is -3.27. The van der Waals surface area contributed by atoms with Gasteiger partial charge in [-0.3, -0.25) is 20.3 Å². The van der Waals surface area contributed by atoms with Gasteiger partial charge in [0.05, 0.1) is 6.10 Å². The predicted molar refractivity (Wildman–Crippen MR) is 119 cm³/mol. The molecule has 10 heteroatoms. The van der Waals surface area contributed by atoms with Gasteiger partial charge in [0.2, 0.25) is 5.91 Å². The first-order valence-electron chi connectivity index (χ1n) is 10.8. The van der Waals surface area contributed by atoms with E-state index in [-0.39, 0.29) is 43.1 Å². The number of carbonyl (C=O) groups excluding carboxylic acids is 3. The van der Waals surface area contributed by atoms with E-state index in [2.05, 4.69) is 5.32 Å². The molecule has 1 saturated heterocycles. The van der Waals surface area contributed by atoms with E-state index < -0.39 is 17.7 Å². The Balaban J connectivity index is 1.78. The highest BCUT2D eigenvalue weighted by atomic mass is 16.6. The highest BCUT2D eigenvalue weighted by Crippen LogP contribution is 2.16. The topological polar surface area (TPSA) is 146 Å². The molecule has 2 rings (SSSR count). The van der Waals surface area contributed by atoms with Gasteiger partial charge >= 0.3 is 12.1 Å². The number of piperidine rings is 1. The molecular weight excluding hydrogens is 430 g/mol. The lowest BCUT2D eigenvalue weighted by molar-refractivity contribution is -0.146. The fourth-order valence-corrected chi connectivity index (χ4v) is 3.28. The van der Waals surface area contributed by atoms with Crippen LogP contribution in [0.3, 0.4) is 0 Å². The molecule has 1 aromatic rings. The van der Waals surface area contributed by atoms with Crippen molar-refractivity contribution in [2.45, 2.75) is 58.2 Å². The van der Waals surface area contributed by atoms with Gasteiger partial charge in [-0.05, 0) is 33.6 Å². The summed E-state index contributed by atoms with van der Waals surface area (Å²) in [7, 11) is 0. The van der Waals surface area contributed by atoms with Crippen LogP contribution >= 0.6 is 0 Å². The lowest BCUT2D eigenvalue weighted by atomic mass is 10.0. The van der Waals surface area contributed by atoms with Gasteiger partial charge in [-0.1, -0.05) is 24.3 Å². The van der Waals surface area contributed by atoms with Crippen molar-refractivity contribution in [1.82, 2.24) is 10.2 Å². The number of hydrogen-bond donors (Lipinski definition) is 3. The molecule has 1 fully saturated rings. The van der Waals surface area contributed by atoms with E-state index in [0.29, 0.717) is 37.1 Å². The van der Waals surface area contributed by atoms with E-state index in [1.807, 2.05) is 0 Å². The van der Waals surface area contributed by atoms with Crippen LogP contribution in [-0.4, -0.2) is 71.0 Å². The van der Waals surface area contributed by atoms with Crippen LogP contribution < -0.4 is 5.32 Å². The standard InChI is InChI=1S/C23H31N3O7/c1-23(2,3)33-22(31)25-21(24)16-6-4-15(5-7-16)18(27)8-9-19(28)26-12-10-17(11-13-26)32-14-20(29)30/h4-7,17H,8-14H2,1-3H3,(H,29,30)(H2,24,25,31). The molecule has 0 aliphatic carbocycles. The number of rotatable bonds is 8. The van der Waals surface area contributed by atoms with Gasteiger partial charge in [0.25, 0.3) is 0 Å². The van der Waals surface area contributed by atoms with Crippen molar-refractivity contribution in [2.75, 3.05) is 19.7 Å². The number of hydrogen-bond acceptors (Lipinski definition) is 7. The fraction of sp³-hybridized carbons (Fsp3) is 0.522. The molecule has 3 N–H and O–H groups in total. The van der Waals surface area contributed by atoms with Crippen molar-refractivity contribution < 1.29 is 33.8 Å². The minimum atomic E-state index is -1.02. The summed E-state index contributed by atoms with van der Waals surface area (Å²) in [4.78, 5) is 48.9. The number of likely N-dealkylation sites (tertiary alicyclic amines) is 1. The number of amidine groups is 1. The van der Waals surface area contributed by atoms with Crippen LogP contribution in [0.1, 0.15) is 62.4 Å². The first kappa shape index (κ1) is 26.0. The first-order chi connectivity index (χ1) is 15.4. The van der Waals surface area contributed by atoms with Gasteiger partial charge in [-0.25, -0.2) is 9.59 Å². The maximum atomic E-state index is 12.5. The number of ketones is 1. The number of aliphatic carboxylic acids is 1. The van der Waals surface area contributed by atoms with E-state index in [0.717, 1.165) is 0 Å². The molecule has 0 atom stereocenters. The smallest absolute Gasteiger partial charge is 0.413 e. The monoisotopic (exact) mass is 461 g/mol. The number of nitrogens with one attached hydrogen (secondary N) is 2. The van der Waals surface area contributed by atoms with Crippen LogP contribution in [0.5, 0.6) is 0 Å². The largest absolute Gasteiger partial charge is 0.480 e. The molecule has 0 bridgehead atoms. The predicted octanol–water partition coefficient (Wildman–Crippen LogP) is 2.59. The Morgan fingerprint density at radius 1 is 1.06 bits per heavy atom. The highest BCUT2D eigenvalue weighted by molar-refractivity contribution is 6.05. The van der Waals surface area contributed by atoms with E-state index in [1.54, 1.807) is 49.9 Å². The van der Waals surface area contributed by atoms with E-state index in [4.69, 9.17) is 20.0 Å². The summed E-state index contributed by atoms with van der Waals surface area (Å²) in [6, 6.07) is 6.21. The van der Waals surface area contributed by atoms with Gasteiger partial charge in [0, 0.05) is 37.1 Å². The Labute approximate surface area is 192 Å². The number of amides is 2. The van der Waals surface area contributed by atoms with Crippen molar-refractivity contribution >= 4 is 29.6 Å². The quantitative estimate of drug-likeness (QED) is 0.306. The average Bonchev–Trinajstić information content (AvgIpc) is 2.74. The maximum absolute atomic E-state index is 12.5. The van der Waals surface area contributed by atoms with Gasteiger partial charge in [0.1, 0.15) is 18.0 Å². The zero-order valence-corrected chi connectivity index (χ0v) is 19.2. The number of carboxylic acids is 1. The van der Waals surface area contributed by atoms with Crippen molar-refractivity contribution in [1.29, 1.82) is 5.41 Å². The average molecular weight is 462 g/mol. The Kier molecular flexibility index (Phi) is 9.10. The number of carboxylic acid groups (broad SMARTS) is 1. The summed E-state index contributed by atoms with van der Waals surface area (Å²) in [5, 5.41) is 19.0. The van der Waals surface area contributed by atoms with Crippen molar-refractivity contribution in [3.63, 3.8) is 0 Å². The van der Waals surface area contributed by atoms with E-state index in [9.17, 15) is 19.2 Å². The van der Waals surface area contributed by atoms with Gasteiger partial charge in [0.15, 0.2) is 5.78 Å². The third-order valence-electron chi connectivity index (χ3n) is 4.92. The second-order valence-corrected chi connectivity index (χ2v) is 8.79. The number of Topliss-reactive ketones (excluding diaryl/α,β-unsaturated/α-hetero) is 1. The third kappa shape index (κ3) is 9.01. The molecule has 0 spiro atoms. The Morgan fingerprint density at radius 2 is 1.64 bits per heavy atom. The van der Waals surface area contributed by atoms with Gasteiger partial charge in [-0.2, -0.15) is 0 Å². The molecule has 1 heterocycles. The molecule has 1 aliphatic heterocycles. The summed E-state index contributed by atoms with van der Waals surface area (Å²) in [5.41, 5.74) is 0.154. The maximum Gasteiger partial charge on any atom is 0.413 e. The molecule has 180 valence electrons. The summed E-state index contributed by atoms with van der Waals surface area (Å²) in [6.07, 6.45) is 0.367. The minimum absolute atomic E-state index is 0.0568. The van der Waals surface area contributed by atoms with Crippen LogP contribution in [0, 0.1) is 5.41 Å². The summed E-state index contributed by atoms with van der Waals surface area (Å²) >= 11 is 0. The van der Waals surface area contributed by atoms with Gasteiger partial charge < -0.3 is 19.5 Å². The van der Waals surface area contributed by atoms with Crippen molar-refractivity contribution in [3.8, 4) is 0 Å². The normalized spacial score (nSPS) is 14.5. The Bertz CT molecular complexity index is 882. The van der Waals surface area contributed by atoms with Crippen LogP contribution in [0.4, 0.5) is 4.79 Å². The third-order valence-corrected chi connectivity index (χ3v) is 4.92. The molecule has 0 saturated carbocycles. The molecule has 2 amide bonds. The number of benzene rings is 1. The first-order valence-corrected chi connectivity index (χ1v) is 10.8. The van der Waals surface area contributed by atoms with Gasteiger partial charge in [-0.15, -0.1) is 0 Å². The van der Waals surface area contributed by atoms with Crippen molar-refractivity contribution in [2.24, 2.45) is 0 Å². The fourth-order valence-electron chi connectivity index (χ4n) is 3.28. The number of alkyl carbamates (subject to hydrolysis) is 1. The zero-order chi connectivity index (χ0) is 24.6. The molecule has 33 heavy (non-hydrogen) atoms. The Morgan fingerprint density at radius 3 is 2.18 bits per heavy atom. The highest BCUT2D eigenvalue weighted by Gasteiger charge is 2.24. The van der Waals surface area contributed by atoms with Crippen LogP contribution in [-0.2, 0) is 19.1 Å². The molecular formula is C23H31N3O7. The molecule has 10 nitrogen and oxygen atoms in total. The lowest BCUT2D eigenvalue weighted by Gasteiger charge is -2.31. The molecule has 1 aliphatic rings. The molecule has 1 aromatic carbocycles. The molecule has 0 aromatic heterocycles. The van der Waals surface area contributed by atoms with Crippen LogP contribution in [0.25, 0.3) is 0 Å². The SMILES string of the molecule is CC(C)(C)OC(=O)NC(=N)c1ccc(C(=O)CCC(=O)N2CCC(OCC(=O)O)CC2)cc1. The minimum Gasteiger partial charge on any atom is -0.480 e. The second kappa shape index (κ2) is 11.6. The number of ether oxygens (including phenoxy) is 2.